The number of furan rings is 1. The summed E-state index contributed by atoms with van der Waals surface area (Å²) in [5, 5.41) is 5.78. The molecule has 0 radical (unpaired) electrons. The minimum Gasteiger partial charge on any atom is -0.465 e. The molecule has 0 saturated heterocycles. The van der Waals surface area contributed by atoms with Gasteiger partial charge in [-0.1, -0.05) is 12.1 Å². The number of carbonyl (C=O) groups excluding carboxylic acids is 2. The van der Waals surface area contributed by atoms with E-state index in [-0.39, 0.29) is 24.4 Å². The summed E-state index contributed by atoms with van der Waals surface area (Å²) in [5.41, 5.74) is 1.03. The van der Waals surface area contributed by atoms with Crippen molar-refractivity contribution >= 4 is 17.5 Å². The molecule has 0 aliphatic heterocycles. The van der Waals surface area contributed by atoms with E-state index >= 15 is 0 Å². The molecule has 0 atom stereocenters. The fourth-order valence-corrected chi connectivity index (χ4v) is 2.61. The standard InChI is InChI=1S/C19H23N3O3/c1-13-7-10-15(25-13)11-22(2)12-18(23)21-17-6-4-3-5-16(17)19(24)20-14-8-9-14/h3-7,10,14H,8-9,11-12H2,1-2H3,(H,20,24)(H,21,23). The normalized spacial score (nSPS) is 13.7. The van der Waals surface area contributed by atoms with Gasteiger partial charge in [0, 0.05) is 6.04 Å². The molecule has 132 valence electrons. The van der Waals surface area contributed by atoms with Crippen LogP contribution in [0.3, 0.4) is 0 Å². The fourth-order valence-electron chi connectivity index (χ4n) is 2.61. The number of benzene rings is 1. The molecule has 1 heterocycles. The Labute approximate surface area is 147 Å². The van der Waals surface area contributed by atoms with E-state index < -0.39 is 0 Å². The molecule has 1 aromatic carbocycles. The molecule has 6 heteroatoms. The number of rotatable bonds is 7. The van der Waals surface area contributed by atoms with Gasteiger partial charge in [-0.2, -0.15) is 0 Å². The molecule has 1 fully saturated rings. The van der Waals surface area contributed by atoms with Crippen LogP contribution >= 0.6 is 0 Å². The van der Waals surface area contributed by atoms with Gasteiger partial charge in [-0.05, 0) is 51.1 Å². The summed E-state index contributed by atoms with van der Waals surface area (Å²) in [6, 6.07) is 11.2. The van der Waals surface area contributed by atoms with Gasteiger partial charge in [-0.15, -0.1) is 0 Å². The van der Waals surface area contributed by atoms with E-state index in [0.717, 1.165) is 24.4 Å². The van der Waals surface area contributed by atoms with Crippen LogP contribution < -0.4 is 10.6 Å². The monoisotopic (exact) mass is 341 g/mol. The molecule has 0 bridgehead atoms. The Morgan fingerprint density at radius 3 is 2.64 bits per heavy atom. The molecule has 3 rings (SSSR count). The second kappa shape index (κ2) is 7.53. The Hall–Kier alpha value is -2.60. The summed E-state index contributed by atoms with van der Waals surface area (Å²) in [4.78, 5) is 26.5. The summed E-state index contributed by atoms with van der Waals surface area (Å²) in [6.45, 7) is 2.64. The van der Waals surface area contributed by atoms with Crippen LogP contribution in [0.25, 0.3) is 0 Å². The molecule has 2 aromatic rings. The number of carbonyl (C=O) groups is 2. The van der Waals surface area contributed by atoms with Crippen LogP contribution in [-0.2, 0) is 11.3 Å². The molecular weight excluding hydrogens is 318 g/mol. The third-order valence-corrected chi connectivity index (χ3v) is 3.99. The number of hydrogen-bond donors (Lipinski definition) is 2. The van der Waals surface area contributed by atoms with Crippen molar-refractivity contribution in [2.24, 2.45) is 0 Å². The van der Waals surface area contributed by atoms with E-state index in [1.54, 1.807) is 24.3 Å². The van der Waals surface area contributed by atoms with Crippen molar-refractivity contribution in [1.82, 2.24) is 10.2 Å². The molecule has 6 nitrogen and oxygen atoms in total. The van der Waals surface area contributed by atoms with Gasteiger partial charge < -0.3 is 15.1 Å². The highest BCUT2D eigenvalue weighted by molar-refractivity contribution is 6.04. The number of hydrogen-bond acceptors (Lipinski definition) is 4. The quantitative estimate of drug-likeness (QED) is 0.812. The van der Waals surface area contributed by atoms with E-state index in [1.165, 1.54) is 0 Å². The summed E-state index contributed by atoms with van der Waals surface area (Å²) < 4.78 is 5.52. The predicted molar refractivity (Wildman–Crippen MR) is 95.3 cm³/mol. The van der Waals surface area contributed by atoms with Gasteiger partial charge in [0.05, 0.1) is 24.3 Å². The van der Waals surface area contributed by atoms with Crippen molar-refractivity contribution in [2.75, 3.05) is 18.9 Å². The molecule has 1 saturated carbocycles. The van der Waals surface area contributed by atoms with Crippen LogP contribution in [0.1, 0.15) is 34.7 Å². The molecule has 0 unspecified atom stereocenters. The molecular formula is C19H23N3O3. The van der Waals surface area contributed by atoms with Crippen LogP contribution in [0.4, 0.5) is 5.69 Å². The highest BCUT2D eigenvalue weighted by Crippen LogP contribution is 2.21. The van der Waals surface area contributed by atoms with Crippen LogP contribution in [0.2, 0.25) is 0 Å². The molecule has 1 aromatic heterocycles. The van der Waals surface area contributed by atoms with E-state index in [1.807, 2.05) is 31.0 Å². The summed E-state index contributed by atoms with van der Waals surface area (Å²) in [7, 11) is 1.85. The molecule has 0 spiro atoms. The second-order valence-electron chi connectivity index (χ2n) is 6.53. The van der Waals surface area contributed by atoms with Gasteiger partial charge in [0.1, 0.15) is 11.5 Å². The minimum absolute atomic E-state index is 0.141. The Morgan fingerprint density at radius 1 is 1.20 bits per heavy atom. The molecule has 1 aliphatic rings. The number of nitrogens with zero attached hydrogens (tertiary/aromatic N) is 1. The van der Waals surface area contributed by atoms with Gasteiger partial charge in [-0.25, -0.2) is 0 Å². The smallest absolute Gasteiger partial charge is 0.253 e. The van der Waals surface area contributed by atoms with Crippen molar-refractivity contribution in [2.45, 2.75) is 32.4 Å². The number of nitrogens with one attached hydrogen (secondary N) is 2. The number of aryl methyl sites for hydroxylation is 1. The van der Waals surface area contributed by atoms with E-state index in [0.29, 0.717) is 17.8 Å². The lowest BCUT2D eigenvalue weighted by Crippen LogP contribution is -2.31. The molecule has 2 N–H and O–H groups in total. The maximum absolute atomic E-state index is 12.3. The maximum atomic E-state index is 12.3. The van der Waals surface area contributed by atoms with Crippen LogP contribution in [0, 0.1) is 6.92 Å². The van der Waals surface area contributed by atoms with Crippen molar-refractivity contribution in [3.63, 3.8) is 0 Å². The van der Waals surface area contributed by atoms with E-state index in [9.17, 15) is 9.59 Å². The first kappa shape index (κ1) is 17.2. The lowest BCUT2D eigenvalue weighted by molar-refractivity contribution is -0.117. The average Bonchev–Trinajstić information content (AvgIpc) is 3.28. The molecule has 2 amide bonds. The zero-order chi connectivity index (χ0) is 17.8. The van der Waals surface area contributed by atoms with Gasteiger partial charge in [0.25, 0.3) is 5.91 Å². The average molecular weight is 341 g/mol. The molecule has 25 heavy (non-hydrogen) atoms. The fraction of sp³-hybridized carbons (Fsp3) is 0.368. The Balaban J connectivity index is 1.57. The Morgan fingerprint density at radius 2 is 1.96 bits per heavy atom. The zero-order valence-corrected chi connectivity index (χ0v) is 14.5. The van der Waals surface area contributed by atoms with Crippen molar-refractivity contribution < 1.29 is 14.0 Å². The Bertz CT molecular complexity index is 765. The van der Waals surface area contributed by atoms with Gasteiger partial charge in [-0.3, -0.25) is 14.5 Å². The molecule has 1 aliphatic carbocycles. The van der Waals surface area contributed by atoms with Crippen LogP contribution in [0.15, 0.2) is 40.8 Å². The first-order valence-corrected chi connectivity index (χ1v) is 8.45. The van der Waals surface area contributed by atoms with Crippen molar-refractivity contribution in [1.29, 1.82) is 0 Å². The van der Waals surface area contributed by atoms with E-state index in [2.05, 4.69) is 10.6 Å². The van der Waals surface area contributed by atoms with Crippen molar-refractivity contribution in [3.05, 3.63) is 53.5 Å². The third-order valence-electron chi connectivity index (χ3n) is 3.99. The largest absolute Gasteiger partial charge is 0.465 e. The summed E-state index contributed by atoms with van der Waals surface area (Å²) in [6.07, 6.45) is 2.05. The number of likely N-dealkylation sites (N-methyl/N-ethyl adjacent to an activating group) is 1. The predicted octanol–water partition coefficient (Wildman–Crippen LogP) is 2.55. The highest BCUT2D eigenvalue weighted by Gasteiger charge is 2.25. The van der Waals surface area contributed by atoms with Gasteiger partial charge in [0.15, 0.2) is 0 Å². The maximum Gasteiger partial charge on any atom is 0.253 e. The lowest BCUT2D eigenvalue weighted by atomic mass is 10.1. The topological polar surface area (TPSA) is 74.6 Å². The van der Waals surface area contributed by atoms with Gasteiger partial charge >= 0.3 is 0 Å². The Kier molecular flexibility index (Phi) is 5.19. The van der Waals surface area contributed by atoms with Crippen LogP contribution in [0.5, 0.6) is 0 Å². The summed E-state index contributed by atoms with van der Waals surface area (Å²) in [5.74, 6) is 1.36. The third kappa shape index (κ3) is 4.93. The first-order valence-electron chi connectivity index (χ1n) is 8.45. The van der Waals surface area contributed by atoms with Crippen LogP contribution in [-0.4, -0.2) is 36.3 Å². The lowest BCUT2D eigenvalue weighted by Gasteiger charge is -2.16. The summed E-state index contributed by atoms with van der Waals surface area (Å²) >= 11 is 0. The zero-order valence-electron chi connectivity index (χ0n) is 14.5. The highest BCUT2D eigenvalue weighted by atomic mass is 16.3. The minimum atomic E-state index is -0.169. The number of para-hydroxylation sites is 1. The SMILES string of the molecule is Cc1ccc(CN(C)CC(=O)Nc2ccccc2C(=O)NC2CC2)o1. The number of anilines is 1. The van der Waals surface area contributed by atoms with Gasteiger partial charge in [0.2, 0.25) is 5.91 Å². The van der Waals surface area contributed by atoms with Crippen molar-refractivity contribution in [3.8, 4) is 0 Å². The first-order chi connectivity index (χ1) is 12.0. The second-order valence-corrected chi connectivity index (χ2v) is 6.53. The van der Waals surface area contributed by atoms with E-state index in [4.69, 9.17) is 4.42 Å². The number of amides is 2.